The molecule has 0 aliphatic rings. The van der Waals surface area contributed by atoms with Crippen LogP contribution in [0, 0.1) is 13.8 Å². The number of urea groups is 1. The number of H-pyrrole nitrogens is 1. The summed E-state index contributed by atoms with van der Waals surface area (Å²) in [6.45, 7) is 3.96. The molecule has 0 aliphatic heterocycles. The van der Waals surface area contributed by atoms with Crippen LogP contribution >= 0.6 is 23.1 Å². The van der Waals surface area contributed by atoms with E-state index in [0.717, 1.165) is 17.0 Å². The van der Waals surface area contributed by atoms with Crippen LogP contribution < -0.4 is 10.6 Å². The molecule has 27 heavy (non-hydrogen) atoms. The summed E-state index contributed by atoms with van der Waals surface area (Å²) in [7, 11) is 0. The highest BCUT2D eigenvalue weighted by Gasteiger charge is 2.11. The number of carbonyl (C=O) groups excluding carboxylic acids is 2. The molecular weight excluding hydrogens is 382 g/mol. The van der Waals surface area contributed by atoms with Gasteiger partial charge in [0.1, 0.15) is 5.82 Å². The largest absolute Gasteiger partial charge is 0.325 e. The number of thiophene rings is 1. The smallest absolute Gasteiger partial charge is 0.308 e. The highest BCUT2D eigenvalue weighted by molar-refractivity contribution is 7.99. The minimum absolute atomic E-state index is 0.0522. The molecule has 3 rings (SSSR count). The van der Waals surface area contributed by atoms with Gasteiger partial charge in [-0.25, -0.2) is 9.78 Å². The topological polar surface area (TPSA) is 99.8 Å². The van der Waals surface area contributed by atoms with Gasteiger partial charge in [-0.2, -0.15) is 0 Å². The van der Waals surface area contributed by atoms with Crippen LogP contribution in [0.3, 0.4) is 0 Å². The number of aryl methyl sites for hydroxylation is 2. The van der Waals surface area contributed by atoms with Crippen LogP contribution in [-0.2, 0) is 11.2 Å². The van der Waals surface area contributed by atoms with Gasteiger partial charge in [0, 0.05) is 17.0 Å². The number of thioether (sulfide) groups is 1. The maximum absolute atomic E-state index is 11.9. The van der Waals surface area contributed by atoms with E-state index < -0.39 is 11.9 Å². The van der Waals surface area contributed by atoms with E-state index in [1.165, 1.54) is 16.6 Å². The quantitative estimate of drug-likeness (QED) is 0.549. The fourth-order valence-corrected chi connectivity index (χ4v) is 3.60. The third-order valence-corrected chi connectivity index (χ3v) is 5.51. The fourth-order valence-electron chi connectivity index (χ4n) is 2.27. The maximum Gasteiger partial charge on any atom is 0.325 e. The molecule has 3 aromatic rings. The second-order valence-electron chi connectivity index (χ2n) is 5.91. The van der Waals surface area contributed by atoms with Crippen molar-refractivity contribution in [3.05, 3.63) is 57.5 Å². The molecule has 0 fully saturated rings. The van der Waals surface area contributed by atoms with Crippen molar-refractivity contribution < 1.29 is 9.59 Å². The lowest BCUT2D eigenvalue weighted by atomic mass is 10.1. The molecule has 0 radical (unpaired) electrons. The number of hydrogen-bond acceptors (Lipinski definition) is 6. The van der Waals surface area contributed by atoms with Gasteiger partial charge in [0.2, 0.25) is 11.1 Å². The summed E-state index contributed by atoms with van der Waals surface area (Å²) < 4.78 is 0. The molecule has 0 bridgehead atoms. The Balaban J connectivity index is 1.44. The monoisotopic (exact) mass is 401 g/mol. The zero-order chi connectivity index (χ0) is 19.2. The van der Waals surface area contributed by atoms with Crippen LogP contribution in [0.2, 0.25) is 0 Å². The molecule has 0 saturated heterocycles. The number of nitrogens with zero attached hydrogens (tertiary/aromatic N) is 2. The van der Waals surface area contributed by atoms with Crippen LogP contribution in [-0.4, -0.2) is 32.9 Å². The van der Waals surface area contributed by atoms with E-state index in [4.69, 9.17) is 0 Å². The minimum Gasteiger partial charge on any atom is -0.308 e. The molecule has 1 aromatic carbocycles. The summed E-state index contributed by atoms with van der Waals surface area (Å²) in [5.41, 5.74) is 2.85. The van der Waals surface area contributed by atoms with Gasteiger partial charge >= 0.3 is 6.03 Å². The Morgan fingerprint density at radius 1 is 1.22 bits per heavy atom. The van der Waals surface area contributed by atoms with E-state index in [1.807, 2.05) is 43.5 Å². The summed E-state index contributed by atoms with van der Waals surface area (Å²) >= 11 is 2.82. The third kappa shape index (κ3) is 5.66. The molecule has 2 heterocycles. The Labute approximate surface area is 165 Å². The van der Waals surface area contributed by atoms with Crippen molar-refractivity contribution in [2.24, 2.45) is 0 Å². The van der Waals surface area contributed by atoms with Crippen LogP contribution in [0.15, 0.2) is 40.9 Å². The number of rotatable bonds is 6. The number of aromatic amines is 1. The Morgan fingerprint density at radius 3 is 2.81 bits per heavy atom. The summed E-state index contributed by atoms with van der Waals surface area (Å²) in [5, 5.41) is 14.4. The van der Waals surface area contributed by atoms with Crippen LogP contribution in [0.25, 0.3) is 0 Å². The molecular formula is C18H19N5O2S2. The van der Waals surface area contributed by atoms with Gasteiger partial charge in [0.15, 0.2) is 0 Å². The number of carbonyl (C=O) groups is 2. The number of amides is 3. The summed E-state index contributed by atoms with van der Waals surface area (Å²) in [6.07, 6.45) is 0.676. The number of aromatic nitrogens is 3. The van der Waals surface area contributed by atoms with E-state index in [-0.39, 0.29) is 5.75 Å². The molecule has 140 valence electrons. The zero-order valence-electron chi connectivity index (χ0n) is 14.9. The van der Waals surface area contributed by atoms with Crippen molar-refractivity contribution >= 4 is 40.7 Å². The first kappa shape index (κ1) is 19.1. The van der Waals surface area contributed by atoms with Gasteiger partial charge in [-0.3, -0.25) is 15.2 Å². The van der Waals surface area contributed by atoms with Gasteiger partial charge in [-0.1, -0.05) is 23.9 Å². The van der Waals surface area contributed by atoms with Crippen molar-refractivity contribution in [2.45, 2.75) is 25.4 Å². The molecule has 0 saturated carbocycles. The molecule has 7 nitrogen and oxygen atoms in total. The van der Waals surface area contributed by atoms with Crippen LogP contribution in [0.5, 0.6) is 0 Å². The standard InChI is InChI=1S/C18H19N5O2S2/c1-11-5-6-13(8-12(11)2)19-17(25)21-16(24)10-27-18-20-15(22-23-18)9-14-4-3-7-26-14/h3-8H,9-10H2,1-2H3,(H,20,22,23)(H2,19,21,24,25). The van der Waals surface area contributed by atoms with Crippen LogP contribution in [0.1, 0.15) is 21.8 Å². The Bertz CT molecular complexity index is 937. The third-order valence-electron chi connectivity index (χ3n) is 3.78. The normalized spacial score (nSPS) is 10.6. The number of benzene rings is 1. The first-order valence-corrected chi connectivity index (χ1v) is 10.1. The second-order valence-corrected chi connectivity index (χ2v) is 7.89. The molecule has 2 aromatic heterocycles. The zero-order valence-corrected chi connectivity index (χ0v) is 16.5. The van der Waals surface area contributed by atoms with Gasteiger partial charge < -0.3 is 5.32 Å². The van der Waals surface area contributed by atoms with Gasteiger partial charge in [0.25, 0.3) is 0 Å². The second kappa shape index (κ2) is 8.83. The van der Waals surface area contributed by atoms with Gasteiger partial charge in [-0.15, -0.1) is 16.4 Å². The lowest BCUT2D eigenvalue weighted by Crippen LogP contribution is -2.35. The van der Waals surface area contributed by atoms with E-state index in [2.05, 4.69) is 25.8 Å². The molecule has 0 unspecified atom stereocenters. The van der Waals surface area contributed by atoms with Gasteiger partial charge in [0.05, 0.1) is 5.75 Å². The molecule has 0 spiro atoms. The van der Waals surface area contributed by atoms with E-state index in [9.17, 15) is 9.59 Å². The molecule has 9 heteroatoms. The van der Waals surface area contributed by atoms with Crippen molar-refractivity contribution in [3.63, 3.8) is 0 Å². The molecule has 3 N–H and O–H groups in total. The number of hydrogen-bond donors (Lipinski definition) is 3. The van der Waals surface area contributed by atoms with Crippen molar-refractivity contribution in [3.8, 4) is 0 Å². The van der Waals surface area contributed by atoms with Gasteiger partial charge in [-0.05, 0) is 48.6 Å². The lowest BCUT2D eigenvalue weighted by Gasteiger charge is -2.08. The summed E-state index contributed by atoms with van der Waals surface area (Å²) in [5.74, 6) is 0.384. The van der Waals surface area contributed by atoms with Crippen molar-refractivity contribution in [1.29, 1.82) is 0 Å². The summed E-state index contributed by atoms with van der Waals surface area (Å²) in [4.78, 5) is 29.4. The SMILES string of the molecule is Cc1ccc(NC(=O)NC(=O)CSc2n[nH]c(Cc3cccs3)n2)cc1C. The first-order valence-electron chi connectivity index (χ1n) is 8.24. The Hall–Kier alpha value is -2.65. The minimum atomic E-state index is -0.558. The molecule has 0 aliphatic carbocycles. The lowest BCUT2D eigenvalue weighted by molar-refractivity contribution is -0.117. The predicted molar refractivity (Wildman–Crippen MR) is 107 cm³/mol. The number of imide groups is 1. The molecule has 0 atom stereocenters. The number of anilines is 1. The first-order chi connectivity index (χ1) is 13.0. The average Bonchev–Trinajstić information content (AvgIpc) is 3.29. The van der Waals surface area contributed by atoms with E-state index >= 15 is 0 Å². The predicted octanol–water partition coefficient (Wildman–Crippen LogP) is 3.51. The van der Waals surface area contributed by atoms with E-state index in [1.54, 1.807) is 17.4 Å². The van der Waals surface area contributed by atoms with E-state index in [0.29, 0.717) is 17.3 Å². The highest BCUT2D eigenvalue weighted by atomic mass is 32.2. The maximum atomic E-state index is 11.9. The number of nitrogens with one attached hydrogen (secondary N) is 3. The fraction of sp³-hybridized carbons (Fsp3) is 0.222. The van der Waals surface area contributed by atoms with Crippen molar-refractivity contribution in [2.75, 3.05) is 11.1 Å². The highest BCUT2D eigenvalue weighted by Crippen LogP contribution is 2.16. The van der Waals surface area contributed by atoms with Crippen LogP contribution in [0.4, 0.5) is 10.5 Å². The van der Waals surface area contributed by atoms with Crippen molar-refractivity contribution in [1.82, 2.24) is 20.5 Å². The molecule has 3 amide bonds. The summed E-state index contributed by atoms with van der Waals surface area (Å²) in [6, 6.07) is 9.03. The Morgan fingerprint density at radius 2 is 2.07 bits per heavy atom. The Kier molecular flexibility index (Phi) is 6.25. The average molecular weight is 402 g/mol.